The lowest BCUT2D eigenvalue weighted by Gasteiger charge is -2.10. The van der Waals surface area contributed by atoms with Gasteiger partial charge in [0.15, 0.2) is 0 Å². The van der Waals surface area contributed by atoms with Gasteiger partial charge in [-0.15, -0.1) is 11.3 Å². The zero-order valence-corrected chi connectivity index (χ0v) is 14.4. The fraction of sp³-hybridized carbons (Fsp3) is 0.0667. The van der Waals surface area contributed by atoms with E-state index >= 15 is 0 Å². The maximum atomic E-state index is 6.41. The molecule has 1 N–H and O–H groups in total. The summed E-state index contributed by atoms with van der Waals surface area (Å²) in [5.41, 5.74) is 0.663. The molecular formula is C15H9Cl4NS. The molecule has 1 aromatic heterocycles. The molecule has 3 rings (SSSR count). The minimum atomic E-state index is 0.490. The Kier molecular flexibility index (Phi) is 4.53. The summed E-state index contributed by atoms with van der Waals surface area (Å²) in [6.07, 6.45) is 0. The zero-order chi connectivity index (χ0) is 15.0. The second-order valence-electron chi connectivity index (χ2n) is 4.43. The van der Waals surface area contributed by atoms with E-state index in [-0.39, 0.29) is 0 Å². The second-order valence-corrected chi connectivity index (χ2v) is 7.20. The monoisotopic (exact) mass is 375 g/mol. The summed E-state index contributed by atoms with van der Waals surface area (Å²) in [6, 6.07) is 11.4. The molecule has 0 unspecified atom stereocenters. The number of hydrogen-bond acceptors (Lipinski definition) is 2. The van der Waals surface area contributed by atoms with E-state index < -0.39 is 0 Å². The fourth-order valence-corrected chi connectivity index (χ4v) is 4.45. The summed E-state index contributed by atoms with van der Waals surface area (Å²) >= 11 is 26.3. The highest BCUT2D eigenvalue weighted by Crippen LogP contribution is 2.38. The normalized spacial score (nSPS) is 11.0. The van der Waals surface area contributed by atoms with Crippen molar-refractivity contribution in [2.75, 3.05) is 5.32 Å². The van der Waals surface area contributed by atoms with Crippen LogP contribution in [0.15, 0.2) is 36.4 Å². The Morgan fingerprint density at radius 2 is 1.62 bits per heavy atom. The van der Waals surface area contributed by atoms with E-state index in [1.54, 1.807) is 23.5 Å². The SMILES string of the molecule is Clc1cc(Cl)c(NCc2sc3ccccc3c2Cl)c(Cl)c1. The molecule has 21 heavy (non-hydrogen) atoms. The van der Waals surface area contributed by atoms with Crippen molar-refractivity contribution in [3.05, 3.63) is 61.4 Å². The third-order valence-corrected chi connectivity index (χ3v) is 5.56. The molecule has 0 radical (unpaired) electrons. The van der Waals surface area contributed by atoms with Gasteiger partial charge in [-0.2, -0.15) is 0 Å². The molecule has 0 amide bonds. The van der Waals surface area contributed by atoms with Crippen LogP contribution in [-0.4, -0.2) is 0 Å². The molecule has 0 spiro atoms. The number of hydrogen-bond donors (Lipinski definition) is 1. The molecular weight excluding hydrogens is 368 g/mol. The van der Waals surface area contributed by atoms with Gasteiger partial charge in [-0.1, -0.05) is 64.6 Å². The standard InChI is InChI=1S/C15H9Cl4NS/c16-8-5-10(17)15(11(18)6-8)20-7-13-14(19)9-3-1-2-4-12(9)21-13/h1-6,20H,7H2. The number of rotatable bonds is 3. The predicted molar refractivity (Wildman–Crippen MR) is 95.6 cm³/mol. The first-order valence-corrected chi connectivity index (χ1v) is 8.43. The molecule has 1 nitrogen and oxygen atoms in total. The number of anilines is 1. The van der Waals surface area contributed by atoms with Crippen LogP contribution in [0.2, 0.25) is 20.1 Å². The molecule has 0 atom stereocenters. The van der Waals surface area contributed by atoms with Crippen molar-refractivity contribution in [1.82, 2.24) is 0 Å². The number of fused-ring (bicyclic) bond motifs is 1. The van der Waals surface area contributed by atoms with Gasteiger partial charge in [-0.05, 0) is 18.2 Å². The van der Waals surface area contributed by atoms with Gasteiger partial charge in [0.05, 0.1) is 27.3 Å². The Morgan fingerprint density at radius 3 is 2.29 bits per heavy atom. The van der Waals surface area contributed by atoms with E-state index in [0.29, 0.717) is 27.3 Å². The van der Waals surface area contributed by atoms with Gasteiger partial charge >= 0.3 is 0 Å². The lowest BCUT2D eigenvalue weighted by molar-refractivity contribution is 1.19. The first-order valence-electron chi connectivity index (χ1n) is 6.10. The van der Waals surface area contributed by atoms with Crippen LogP contribution in [-0.2, 0) is 6.54 Å². The largest absolute Gasteiger partial charge is 0.378 e. The predicted octanol–water partition coefficient (Wildman–Crippen LogP) is 7.13. The summed E-state index contributed by atoms with van der Waals surface area (Å²) in [4.78, 5) is 1.04. The molecule has 0 aliphatic heterocycles. The maximum absolute atomic E-state index is 6.41. The van der Waals surface area contributed by atoms with Crippen LogP contribution in [0.4, 0.5) is 5.69 Å². The van der Waals surface area contributed by atoms with E-state index in [9.17, 15) is 0 Å². The summed E-state index contributed by atoms with van der Waals surface area (Å²) in [5, 5.41) is 6.55. The number of benzene rings is 2. The average molecular weight is 377 g/mol. The lowest BCUT2D eigenvalue weighted by Crippen LogP contribution is -1.99. The van der Waals surface area contributed by atoms with Crippen molar-refractivity contribution in [2.45, 2.75) is 6.54 Å². The molecule has 0 aliphatic carbocycles. The van der Waals surface area contributed by atoms with Crippen molar-refractivity contribution < 1.29 is 0 Å². The fourth-order valence-electron chi connectivity index (χ4n) is 2.06. The van der Waals surface area contributed by atoms with Crippen LogP contribution in [0.5, 0.6) is 0 Å². The Bertz CT molecular complexity index is 790. The van der Waals surface area contributed by atoms with Crippen molar-refractivity contribution in [3.8, 4) is 0 Å². The number of nitrogens with one attached hydrogen (secondary N) is 1. The molecule has 0 aliphatic rings. The summed E-state index contributed by atoms with van der Waals surface area (Å²) in [7, 11) is 0. The van der Waals surface area contributed by atoms with Gasteiger partial charge in [0.2, 0.25) is 0 Å². The van der Waals surface area contributed by atoms with Crippen LogP contribution >= 0.6 is 57.7 Å². The van der Waals surface area contributed by atoms with E-state index in [1.165, 1.54) is 0 Å². The Morgan fingerprint density at radius 1 is 0.952 bits per heavy atom. The third-order valence-electron chi connectivity index (χ3n) is 3.03. The average Bonchev–Trinajstić information content (AvgIpc) is 2.75. The van der Waals surface area contributed by atoms with Crippen LogP contribution < -0.4 is 5.32 Å². The highest BCUT2D eigenvalue weighted by molar-refractivity contribution is 7.19. The van der Waals surface area contributed by atoms with Gasteiger partial charge in [0, 0.05) is 20.0 Å². The van der Waals surface area contributed by atoms with E-state index in [0.717, 1.165) is 20.0 Å². The van der Waals surface area contributed by atoms with Gasteiger partial charge in [0.25, 0.3) is 0 Å². The van der Waals surface area contributed by atoms with Crippen molar-refractivity contribution in [1.29, 1.82) is 0 Å². The maximum Gasteiger partial charge on any atom is 0.0722 e. The molecule has 0 saturated heterocycles. The molecule has 0 fully saturated rings. The van der Waals surface area contributed by atoms with Gasteiger partial charge in [-0.25, -0.2) is 0 Å². The lowest BCUT2D eigenvalue weighted by atomic mass is 10.2. The minimum Gasteiger partial charge on any atom is -0.378 e. The molecule has 108 valence electrons. The molecule has 0 bridgehead atoms. The van der Waals surface area contributed by atoms with Gasteiger partial charge in [0.1, 0.15) is 0 Å². The topological polar surface area (TPSA) is 12.0 Å². The first-order chi connectivity index (χ1) is 10.1. The zero-order valence-electron chi connectivity index (χ0n) is 10.6. The quantitative estimate of drug-likeness (QED) is 0.512. The molecule has 6 heteroatoms. The molecule has 1 heterocycles. The first kappa shape index (κ1) is 15.3. The second kappa shape index (κ2) is 6.23. The van der Waals surface area contributed by atoms with Crippen molar-refractivity contribution in [3.63, 3.8) is 0 Å². The Hall–Kier alpha value is -0.640. The van der Waals surface area contributed by atoms with E-state index in [4.69, 9.17) is 46.4 Å². The van der Waals surface area contributed by atoms with Crippen LogP contribution in [0.1, 0.15) is 4.88 Å². The van der Waals surface area contributed by atoms with Crippen LogP contribution in [0.3, 0.4) is 0 Å². The van der Waals surface area contributed by atoms with Gasteiger partial charge < -0.3 is 5.32 Å². The number of thiophene rings is 1. The summed E-state index contributed by atoms with van der Waals surface area (Å²) in [5.74, 6) is 0. The summed E-state index contributed by atoms with van der Waals surface area (Å²) < 4.78 is 1.16. The van der Waals surface area contributed by atoms with Crippen LogP contribution in [0, 0.1) is 0 Å². The third kappa shape index (κ3) is 3.10. The molecule has 2 aromatic carbocycles. The van der Waals surface area contributed by atoms with E-state index in [2.05, 4.69) is 11.4 Å². The van der Waals surface area contributed by atoms with E-state index in [1.807, 2.05) is 18.2 Å². The smallest absolute Gasteiger partial charge is 0.0722 e. The molecule has 3 aromatic rings. The Labute approximate surface area is 146 Å². The van der Waals surface area contributed by atoms with Crippen molar-refractivity contribution in [2.24, 2.45) is 0 Å². The Balaban J connectivity index is 1.89. The highest BCUT2D eigenvalue weighted by atomic mass is 35.5. The van der Waals surface area contributed by atoms with Crippen molar-refractivity contribution >= 4 is 73.5 Å². The number of halogens is 4. The highest BCUT2D eigenvalue weighted by Gasteiger charge is 2.12. The molecule has 0 saturated carbocycles. The summed E-state index contributed by atoms with van der Waals surface area (Å²) in [6.45, 7) is 0.555. The minimum absolute atomic E-state index is 0.490. The van der Waals surface area contributed by atoms with Gasteiger partial charge in [-0.3, -0.25) is 0 Å². The van der Waals surface area contributed by atoms with Crippen LogP contribution in [0.25, 0.3) is 10.1 Å².